The van der Waals surface area contributed by atoms with Crippen molar-refractivity contribution in [3.8, 4) is 0 Å². The van der Waals surface area contributed by atoms with Crippen LogP contribution < -0.4 is 9.62 Å². The van der Waals surface area contributed by atoms with Gasteiger partial charge in [0.2, 0.25) is 11.8 Å². The molecule has 0 fully saturated rings. The SMILES string of the molecule is CCC(C)NC(=O)C(Cc1ccccc1)N(Cc1ccc(Cl)cc1)C(=O)CN(c1ccc(Cl)cc1C)S(=O)(=O)c1ccc(C)cc1. The molecular weight excluding hydrogens is 641 g/mol. The minimum absolute atomic E-state index is 0.0415. The third-order valence-electron chi connectivity index (χ3n) is 7.85. The Hall–Kier alpha value is -3.85. The Bertz CT molecular complexity index is 1750. The van der Waals surface area contributed by atoms with Crippen LogP contribution in [0.5, 0.6) is 0 Å². The molecule has 0 saturated heterocycles. The zero-order valence-corrected chi connectivity index (χ0v) is 28.7. The van der Waals surface area contributed by atoms with Gasteiger partial charge in [0.05, 0.1) is 10.6 Å². The number of amides is 2. The van der Waals surface area contributed by atoms with Gasteiger partial charge in [-0.25, -0.2) is 8.42 Å². The van der Waals surface area contributed by atoms with E-state index < -0.39 is 28.5 Å². The summed E-state index contributed by atoms with van der Waals surface area (Å²) in [5, 5.41) is 4.01. The number of nitrogens with zero attached hydrogens (tertiary/aromatic N) is 2. The molecule has 0 radical (unpaired) electrons. The van der Waals surface area contributed by atoms with Gasteiger partial charge in [0.25, 0.3) is 10.0 Å². The summed E-state index contributed by atoms with van der Waals surface area (Å²) in [6.07, 6.45) is 0.931. The van der Waals surface area contributed by atoms with E-state index in [4.69, 9.17) is 23.2 Å². The van der Waals surface area contributed by atoms with Gasteiger partial charge in [0, 0.05) is 29.1 Å². The van der Waals surface area contributed by atoms with Gasteiger partial charge in [-0.3, -0.25) is 13.9 Å². The first-order chi connectivity index (χ1) is 21.9. The number of benzene rings is 4. The molecule has 4 aromatic carbocycles. The average Bonchev–Trinajstić information content (AvgIpc) is 3.03. The van der Waals surface area contributed by atoms with E-state index in [-0.39, 0.29) is 29.8 Å². The maximum atomic E-state index is 14.6. The molecule has 0 aliphatic carbocycles. The Labute approximate surface area is 282 Å². The third kappa shape index (κ3) is 8.90. The normalized spacial score (nSPS) is 12.7. The molecule has 4 aromatic rings. The van der Waals surface area contributed by atoms with Gasteiger partial charge in [0.1, 0.15) is 12.6 Å². The van der Waals surface area contributed by atoms with Crippen molar-refractivity contribution in [2.75, 3.05) is 10.8 Å². The molecule has 2 unspecified atom stereocenters. The number of hydrogen-bond donors (Lipinski definition) is 1. The van der Waals surface area contributed by atoms with Crippen LogP contribution in [0, 0.1) is 13.8 Å². The molecule has 0 aliphatic rings. The minimum Gasteiger partial charge on any atom is -0.352 e. The topological polar surface area (TPSA) is 86.8 Å². The summed E-state index contributed by atoms with van der Waals surface area (Å²) in [6, 6.07) is 26.7. The van der Waals surface area contributed by atoms with Gasteiger partial charge in [-0.05, 0) is 86.3 Å². The van der Waals surface area contributed by atoms with E-state index in [0.29, 0.717) is 27.7 Å². The van der Waals surface area contributed by atoms with Crippen LogP contribution in [0.1, 0.15) is 42.5 Å². The van der Waals surface area contributed by atoms with E-state index >= 15 is 0 Å². The van der Waals surface area contributed by atoms with Crippen molar-refractivity contribution >= 4 is 50.7 Å². The van der Waals surface area contributed by atoms with Crippen LogP contribution in [0.25, 0.3) is 0 Å². The Morgan fingerprint density at radius 3 is 2.07 bits per heavy atom. The Morgan fingerprint density at radius 2 is 1.46 bits per heavy atom. The van der Waals surface area contributed by atoms with Crippen molar-refractivity contribution < 1.29 is 18.0 Å². The molecule has 2 amide bonds. The van der Waals surface area contributed by atoms with Crippen LogP contribution >= 0.6 is 23.2 Å². The first-order valence-corrected chi connectivity index (χ1v) is 17.3. The molecule has 4 rings (SSSR count). The second kappa shape index (κ2) is 15.6. The van der Waals surface area contributed by atoms with Crippen LogP contribution in [0.3, 0.4) is 0 Å². The van der Waals surface area contributed by atoms with Gasteiger partial charge in [-0.2, -0.15) is 0 Å². The van der Waals surface area contributed by atoms with Crippen molar-refractivity contribution in [2.24, 2.45) is 0 Å². The molecule has 0 saturated carbocycles. The zero-order valence-electron chi connectivity index (χ0n) is 26.4. The molecule has 0 spiro atoms. The summed E-state index contributed by atoms with van der Waals surface area (Å²) in [6.45, 7) is 6.99. The van der Waals surface area contributed by atoms with E-state index in [1.54, 1.807) is 61.5 Å². The molecule has 1 N–H and O–H groups in total. The summed E-state index contributed by atoms with van der Waals surface area (Å²) in [5.74, 6) is -0.864. The number of nitrogens with one attached hydrogen (secondary N) is 1. The number of halogens is 2. The average molecular weight is 681 g/mol. The maximum Gasteiger partial charge on any atom is 0.264 e. The van der Waals surface area contributed by atoms with Gasteiger partial charge in [-0.1, -0.05) is 90.3 Å². The van der Waals surface area contributed by atoms with E-state index in [1.807, 2.05) is 51.1 Å². The highest BCUT2D eigenvalue weighted by molar-refractivity contribution is 7.92. The van der Waals surface area contributed by atoms with Crippen molar-refractivity contribution in [1.29, 1.82) is 0 Å². The van der Waals surface area contributed by atoms with Crippen molar-refractivity contribution in [1.82, 2.24) is 10.2 Å². The van der Waals surface area contributed by atoms with Gasteiger partial charge < -0.3 is 10.2 Å². The Balaban J connectivity index is 1.83. The molecule has 10 heteroatoms. The lowest BCUT2D eigenvalue weighted by molar-refractivity contribution is -0.140. The van der Waals surface area contributed by atoms with Gasteiger partial charge in [-0.15, -0.1) is 0 Å². The fraction of sp³-hybridized carbons (Fsp3) is 0.278. The molecular formula is C36H39Cl2N3O4S. The summed E-state index contributed by atoms with van der Waals surface area (Å²) in [4.78, 5) is 30.0. The highest BCUT2D eigenvalue weighted by atomic mass is 35.5. The number of carbonyl (C=O) groups is 2. The molecule has 242 valence electrons. The van der Waals surface area contributed by atoms with Crippen LogP contribution in [0.4, 0.5) is 5.69 Å². The van der Waals surface area contributed by atoms with E-state index in [1.165, 1.54) is 17.0 Å². The number of hydrogen-bond acceptors (Lipinski definition) is 4. The lowest BCUT2D eigenvalue weighted by atomic mass is 10.0. The molecule has 7 nitrogen and oxygen atoms in total. The summed E-state index contributed by atoms with van der Waals surface area (Å²) in [5.41, 5.74) is 3.39. The fourth-order valence-corrected chi connectivity index (χ4v) is 6.86. The molecule has 46 heavy (non-hydrogen) atoms. The van der Waals surface area contributed by atoms with Crippen molar-refractivity contribution in [2.45, 2.75) is 64.1 Å². The van der Waals surface area contributed by atoms with Gasteiger partial charge in [0.15, 0.2) is 0 Å². The number of sulfonamides is 1. The Morgan fingerprint density at radius 1 is 0.826 bits per heavy atom. The second-order valence-corrected chi connectivity index (χ2v) is 14.2. The number of aryl methyl sites for hydroxylation is 2. The standard InChI is InChI=1S/C36H39Cl2N3O4S/c1-5-27(4)39-36(43)34(22-28-9-7-6-8-10-28)40(23-29-13-15-30(37)16-14-29)35(42)24-41(33-20-17-31(38)21-26(33)3)46(44,45)32-18-11-25(2)12-19-32/h6-21,27,34H,5,22-24H2,1-4H3,(H,39,43). The summed E-state index contributed by atoms with van der Waals surface area (Å²) < 4.78 is 29.6. The highest BCUT2D eigenvalue weighted by Crippen LogP contribution is 2.30. The van der Waals surface area contributed by atoms with Crippen LogP contribution in [-0.4, -0.2) is 43.8 Å². The third-order valence-corrected chi connectivity index (χ3v) is 10.1. The molecule has 0 aromatic heterocycles. The van der Waals surface area contributed by atoms with Crippen molar-refractivity contribution in [3.05, 3.63) is 129 Å². The predicted molar refractivity (Wildman–Crippen MR) is 186 cm³/mol. The lowest BCUT2D eigenvalue weighted by Gasteiger charge is -2.34. The van der Waals surface area contributed by atoms with Gasteiger partial charge >= 0.3 is 0 Å². The molecule has 0 heterocycles. The minimum atomic E-state index is -4.22. The van der Waals surface area contributed by atoms with Crippen molar-refractivity contribution in [3.63, 3.8) is 0 Å². The summed E-state index contributed by atoms with van der Waals surface area (Å²) >= 11 is 12.4. The molecule has 0 aliphatic heterocycles. The van der Waals surface area contributed by atoms with Crippen LogP contribution in [0.15, 0.2) is 102 Å². The Kier molecular flexibility index (Phi) is 11.9. The first kappa shape index (κ1) is 35.0. The number of anilines is 1. The summed E-state index contributed by atoms with van der Waals surface area (Å²) in [7, 11) is -4.22. The van der Waals surface area contributed by atoms with E-state index in [2.05, 4.69) is 5.32 Å². The number of carbonyl (C=O) groups excluding carboxylic acids is 2. The predicted octanol–water partition coefficient (Wildman–Crippen LogP) is 7.36. The molecule has 2 atom stereocenters. The van der Waals surface area contributed by atoms with Crippen LogP contribution in [0.2, 0.25) is 10.0 Å². The fourth-order valence-electron chi connectivity index (χ4n) is 5.03. The second-order valence-electron chi connectivity index (χ2n) is 11.4. The quantitative estimate of drug-likeness (QED) is 0.160. The first-order valence-electron chi connectivity index (χ1n) is 15.1. The van der Waals surface area contributed by atoms with E-state index in [0.717, 1.165) is 21.0 Å². The zero-order chi connectivity index (χ0) is 33.4. The number of rotatable bonds is 13. The van der Waals surface area contributed by atoms with E-state index in [9.17, 15) is 18.0 Å². The van der Waals surface area contributed by atoms with Crippen LogP contribution in [-0.2, 0) is 32.6 Å². The largest absolute Gasteiger partial charge is 0.352 e. The monoisotopic (exact) mass is 679 g/mol. The smallest absolute Gasteiger partial charge is 0.264 e. The highest BCUT2D eigenvalue weighted by Gasteiger charge is 2.35. The lowest BCUT2D eigenvalue weighted by Crippen LogP contribution is -2.54. The maximum absolute atomic E-state index is 14.6. The molecule has 0 bridgehead atoms.